The number of amides is 2. The first-order valence-corrected chi connectivity index (χ1v) is 6.48. The Kier molecular flexibility index (Phi) is 4.53. The molecule has 0 atom stereocenters. The van der Waals surface area contributed by atoms with E-state index in [-0.39, 0.29) is 0 Å². The van der Waals surface area contributed by atoms with Gasteiger partial charge in [-0.1, -0.05) is 53.0 Å². The van der Waals surface area contributed by atoms with Crippen LogP contribution in [-0.4, -0.2) is 6.03 Å². The van der Waals surface area contributed by atoms with Gasteiger partial charge in [0.15, 0.2) is 0 Å². The minimum absolute atomic E-state index is 0.290. The third-order valence-electron chi connectivity index (χ3n) is 2.32. The zero-order valence-corrected chi connectivity index (χ0v) is 11.9. The van der Waals surface area contributed by atoms with E-state index in [1.54, 1.807) is 42.5 Å². The predicted octanol–water partition coefficient (Wildman–Crippen LogP) is 5.29. The predicted molar refractivity (Wildman–Crippen MR) is 80.6 cm³/mol. The van der Waals surface area contributed by atoms with Crippen molar-refractivity contribution in [1.82, 2.24) is 0 Å². The van der Waals surface area contributed by atoms with Crippen molar-refractivity contribution >= 4 is 52.2 Å². The van der Waals surface area contributed by atoms with Crippen molar-refractivity contribution in [2.75, 3.05) is 10.6 Å². The third kappa shape index (κ3) is 3.53. The van der Waals surface area contributed by atoms with Gasteiger partial charge in [0.1, 0.15) is 0 Å². The molecule has 2 rings (SSSR count). The average Bonchev–Trinajstić information content (AvgIpc) is 2.38. The van der Waals surface area contributed by atoms with Gasteiger partial charge in [-0.3, -0.25) is 0 Å². The second-order valence-corrected chi connectivity index (χ2v) is 4.85. The van der Waals surface area contributed by atoms with Crippen molar-refractivity contribution in [3.05, 3.63) is 57.5 Å². The molecule has 0 spiro atoms. The molecule has 6 heteroatoms. The van der Waals surface area contributed by atoms with Crippen molar-refractivity contribution in [2.45, 2.75) is 0 Å². The highest BCUT2D eigenvalue weighted by Crippen LogP contribution is 2.29. The van der Waals surface area contributed by atoms with E-state index in [0.29, 0.717) is 26.4 Å². The van der Waals surface area contributed by atoms with E-state index in [1.807, 2.05) is 0 Å². The largest absolute Gasteiger partial charge is 0.323 e. The summed E-state index contributed by atoms with van der Waals surface area (Å²) in [6, 6.07) is 11.5. The van der Waals surface area contributed by atoms with Crippen molar-refractivity contribution < 1.29 is 4.79 Å². The van der Waals surface area contributed by atoms with Crippen LogP contribution in [-0.2, 0) is 0 Å². The number of urea groups is 1. The van der Waals surface area contributed by atoms with E-state index in [0.717, 1.165) is 0 Å². The summed E-state index contributed by atoms with van der Waals surface area (Å²) in [5, 5.41) is 6.34. The van der Waals surface area contributed by atoms with Crippen LogP contribution in [0.1, 0.15) is 0 Å². The Labute approximate surface area is 125 Å². The van der Waals surface area contributed by atoms with Gasteiger partial charge in [0.05, 0.1) is 26.4 Å². The smallest absolute Gasteiger partial charge is 0.306 e. The van der Waals surface area contributed by atoms with E-state index in [4.69, 9.17) is 34.8 Å². The normalized spacial score (nSPS) is 10.1. The summed E-state index contributed by atoms with van der Waals surface area (Å²) in [7, 11) is 0. The van der Waals surface area contributed by atoms with Gasteiger partial charge in [0.25, 0.3) is 0 Å². The lowest BCUT2D eigenvalue weighted by Crippen LogP contribution is -2.19. The second-order valence-electron chi connectivity index (χ2n) is 3.66. The molecule has 0 heterocycles. The highest BCUT2D eigenvalue weighted by Gasteiger charge is 2.09. The summed E-state index contributed by atoms with van der Waals surface area (Å²) < 4.78 is 0. The lowest BCUT2D eigenvalue weighted by Gasteiger charge is -2.10. The zero-order chi connectivity index (χ0) is 13.8. The number of rotatable bonds is 2. The molecular weight excluding hydrogens is 307 g/mol. The zero-order valence-electron chi connectivity index (χ0n) is 9.58. The average molecular weight is 316 g/mol. The Balaban J connectivity index is 2.10. The van der Waals surface area contributed by atoms with Crippen LogP contribution in [0.5, 0.6) is 0 Å². The van der Waals surface area contributed by atoms with Crippen LogP contribution < -0.4 is 10.6 Å². The van der Waals surface area contributed by atoms with Gasteiger partial charge < -0.3 is 10.6 Å². The number of carbonyl (C=O) groups is 1. The molecule has 0 aliphatic rings. The summed E-state index contributed by atoms with van der Waals surface area (Å²) in [5.74, 6) is 0. The maximum atomic E-state index is 11.8. The van der Waals surface area contributed by atoms with Crippen LogP contribution in [0.25, 0.3) is 0 Å². The highest BCUT2D eigenvalue weighted by molar-refractivity contribution is 6.44. The molecule has 98 valence electrons. The molecule has 0 unspecified atom stereocenters. The maximum Gasteiger partial charge on any atom is 0.323 e. The number of halogens is 3. The number of hydrogen-bond acceptors (Lipinski definition) is 1. The molecule has 0 saturated heterocycles. The molecule has 0 aliphatic carbocycles. The number of anilines is 2. The first kappa shape index (κ1) is 14.0. The third-order valence-corrected chi connectivity index (χ3v) is 3.47. The quantitative estimate of drug-likeness (QED) is 0.776. The molecule has 0 bridgehead atoms. The van der Waals surface area contributed by atoms with Crippen LogP contribution in [0.4, 0.5) is 16.2 Å². The van der Waals surface area contributed by atoms with Gasteiger partial charge in [0, 0.05) is 0 Å². The molecule has 0 aromatic heterocycles. The number of benzene rings is 2. The van der Waals surface area contributed by atoms with Crippen LogP contribution in [0, 0.1) is 0 Å². The van der Waals surface area contributed by atoms with Crippen LogP contribution in [0.3, 0.4) is 0 Å². The van der Waals surface area contributed by atoms with Gasteiger partial charge in [0.2, 0.25) is 0 Å². The summed E-state index contributed by atoms with van der Waals surface area (Å²) in [6.07, 6.45) is 0. The molecule has 2 N–H and O–H groups in total. The van der Waals surface area contributed by atoms with Crippen LogP contribution in [0.2, 0.25) is 15.1 Å². The molecule has 0 radical (unpaired) electrons. The Morgan fingerprint density at radius 1 is 0.789 bits per heavy atom. The molecule has 0 aliphatic heterocycles. The number of carbonyl (C=O) groups excluding carboxylic acids is 1. The molecular formula is C13H9Cl3N2O. The molecule has 19 heavy (non-hydrogen) atoms. The molecule has 0 saturated carbocycles. The Bertz CT molecular complexity index is 617. The minimum Gasteiger partial charge on any atom is -0.306 e. The minimum atomic E-state index is -0.447. The highest BCUT2D eigenvalue weighted by atomic mass is 35.5. The molecule has 0 fully saturated rings. The van der Waals surface area contributed by atoms with Gasteiger partial charge in [-0.15, -0.1) is 0 Å². The standard InChI is InChI=1S/C13H9Cl3N2O/c14-8-4-1-2-6-10(8)17-13(19)18-11-7-3-5-9(15)12(11)16/h1-7H,(H2,17,18,19). The topological polar surface area (TPSA) is 41.1 Å². The summed E-state index contributed by atoms with van der Waals surface area (Å²) in [5.41, 5.74) is 0.943. The van der Waals surface area contributed by atoms with Crippen LogP contribution in [0.15, 0.2) is 42.5 Å². The van der Waals surface area contributed by atoms with E-state index < -0.39 is 6.03 Å². The van der Waals surface area contributed by atoms with Crippen molar-refractivity contribution in [3.63, 3.8) is 0 Å². The monoisotopic (exact) mass is 314 g/mol. The lowest BCUT2D eigenvalue weighted by atomic mass is 10.3. The Morgan fingerprint density at radius 3 is 2.11 bits per heavy atom. The van der Waals surface area contributed by atoms with E-state index in [1.165, 1.54) is 0 Å². The fourth-order valence-electron chi connectivity index (χ4n) is 1.44. The van der Waals surface area contributed by atoms with Crippen LogP contribution >= 0.6 is 34.8 Å². The summed E-state index contributed by atoms with van der Waals surface area (Å²) in [6.45, 7) is 0. The van der Waals surface area contributed by atoms with Crippen molar-refractivity contribution in [3.8, 4) is 0 Å². The van der Waals surface area contributed by atoms with E-state index >= 15 is 0 Å². The number of hydrogen-bond donors (Lipinski definition) is 2. The fraction of sp³-hybridized carbons (Fsp3) is 0. The van der Waals surface area contributed by atoms with Crippen molar-refractivity contribution in [2.24, 2.45) is 0 Å². The lowest BCUT2D eigenvalue weighted by molar-refractivity contribution is 0.262. The van der Waals surface area contributed by atoms with Gasteiger partial charge >= 0.3 is 6.03 Å². The SMILES string of the molecule is O=C(Nc1ccccc1Cl)Nc1cccc(Cl)c1Cl. The number of nitrogens with one attached hydrogen (secondary N) is 2. The molecule has 2 aromatic rings. The maximum absolute atomic E-state index is 11.8. The van der Waals surface area contributed by atoms with E-state index in [9.17, 15) is 4.79 Å². The first-order valence-electron chi connectivity index (χ1n) is 5.34. The molecule has 2 aromatic carbocycles. The summed E-state index contributed by atoms with van der Waals surface area (Å²) >= 11 is 17.8. The first-order chi connectivity index (χ1) is 9.08. The molecule has 2 amide bonds. The molecule has 3 nitrogen and oxygen atoms in total. The fourth-order valence-corrected chi connectivity index (χ4v) is 1.97. The number of para-hydroxylation sites is 1. The van der Waals surface area contributed by atoms with Crippen molar-refractivity contribution in [1.29, 1.82) is 0 Å². The Morgan fingerprint density at radius 2 is 1.37 bits per heavy atom. The van der Waals surface area contributed by atoms with Gasteiger partial charge in [-0.05, 0) is 24.3 Å². The Hall–Kier alpha value is -1.42. The van der Waals surface area contributed by atoms with Gasteiger partial charge in [-0.2, -0.15) is 0 Å². The van der Waals surface area contributed by atoms with Gasteiger partial charge in [-0.25, -0.2) is 4.79 Å². The summed E-state index contributed by atoms with van der Waals surface area (Å²) in [4.78, 5) is 11.8. The van der Waals surface area contributed by atoms with E-state index in [2.05, 4.69) is 10.6 Å². The second kappa shape index (κ2) is 6.15.